The van der Waals surface area contributed by atoms with Gasteiger partial charge >= 0.3 is 0 Å². The van der Waals surface area contributed by atoms with Crippen molar-refractivity contribution >= 4 is 33.0 Å². The molecule has 0 aromatic heterocycles. The number of nitrogens with two attached hydrogens (primary N) is 2. The van der Waals surface area contributed by atoms with E-state index in [9.17, 15) is 8.42 Å². The van der Waals surface area contributed by atoms with Crippen molar-refractivity contribution in [3.63, 3.8) is 0 Å². The molecular weight excluding hydrogens is 310 g/mol. The first-order valence-corrected chi connectivity index (χ1v) is 8.08. The van der Waals surface area contributed by atoms with E-state index in [0.717, 1.165) is 5.56 Å². The van der Waals surface area contributed by atoms with E-state index in [-0.39, 0.29) is 4.90 Å². The van der Waals surface area contributed by atoms with Crippen LogP contribution in [0.25, 0.3) is 0 Å². The summed E-state index contributed by atoms with van der Waals surface area (Å²) in [7, 11) is -2.06. The van der Waals surface area contributed by atoms with Gasteiger partial charge in [-0.05, 0) is 35.9 Å². The van der Waals surface area contributed by atoms with Gasteiger partial charge in [-0.15, -0.1) is 0 Å². The maximum atomic E-state index is 11.7. The van der Waals surface area contributed by atoms with Gasteiger partial charge in [0.1, 0.15) is 4.90 Å². The second-order valence-corrected chi connectivity index (χ2v) is 6.72. The van der Waals surface area contributed by atoms with Crippen molar-refractivity contribution in [2.75, 3.05) is 17.7 Å². The molecule has 0 bridgehead atoms. The first-order chi connectivity index (χ1) is 9.77. The lowest BCUT2D eigenvalue weighted by atomic mass is 10.2. The van der Waals surface area contributed by atoms with Crippen LogP contribution in [0.5, 0.6) is 0 Å². The van der Waals surface area contributed by atoms with Crippen molar-refractivity contribution in [1.29, 1.82) is 0 Å². The second-order valence-electron chi connectivity index (χ2n) is 4.75. The zero-order chi connectivity index (χ0) is 15.6. The number of nitrogen functional groups attached to an aromatic ring is 1. The van der Waals surface area contributed by atoms with Crippen molar-refractivity contribution in [1.82, 2.24) is 0 Å². The van der Waals surface area contributed by atoms with Crippen LogP contribution < -0.4 is 15.8 Å². The molecule has 21 heavy (non-hydrogen) atoms. The molecule has 112 valence electrons. The van der Waals surface area contributed by atoms with Gasteiger partial charge in [0, 0.05) is 24.3 Å². The SMILES string of the molecule is CN(Cc1ccc(Cl)cc1)c1ccc(N)cc1S(N)(=O)=O. The third-order valence-corrected chi connectivity index (χ3v) is 4.23. The largest absolute Gasteiger partial charge is 0.399 e. The Labute approximate surface area is 129 Å². The quantitative estimate of drug-likeness (QED) is 0.843. The van der Waals surface area contributed by atoms with Crippen molar-refractivity contribution in [3.8, 4) is 0 Å². The predicted molar refractivity (Wildman–Crippen MR) is 85.8 cm³/mol. The van der Waals surface area contributed by atoms with Gasteiger partial charge < -0.3 is 10.6 Å². The average molecular weight is 326 g/mol. The fourth-order valence-electron chi connectivity index (χ4n) is 2.02. The number of rotatable bonds is 4. The number of halogens is 1. The number of sulfonamides is 1. The molecule has 0 aliphatic rings. The third-order valence-electron chi connectivity index (χ3n) is 3.03. The number of anilines is 2. The van der Waals surface area contributed by atoms with Crippen LogP contribution in [0.3, 0.4) is 0 Å². The van der Waals surface area contributed by atoms with Crippen LogP contribution in [0, 0.1) is 0 Å². The Morgan fingerprint density at radius 1 is 1.14 bits per heavy atom. The van der Waals surface area contributed by atoms with Gasteiger partial charge in [-0.2, -0.15) is 0 Å². The van der Waals surface area contributed by atoms with Crippen LogP contribution in [0.2, 0.25) is 5.02 Å². The van der Waals surface area contributed by atoms with Crippen molar-refractivity contribution in [2.45, 2.75) is 11.4 Å². The molecule has 2 aromatic carbocycles. The minimum absolute atomic E-state index is 0.0129. The third kappa shape index (κ3) is 3.87. The highest BCUT2D eigenvalue weighted by Gasteiger charge is 2.17. The molecule has 0 atom stereocenters. The zero-order valence-corrected chi connectivity index (χ0v) is 13.0. The molecule has 0 saturated heterocycles. The molecule has 4 N–H and O–H groups in total. The van der Waals surface area contributed by atoms with Crippen LogP contribution in [0.4, 0.5) is 11.4 Å². The molecule has 7 heteroatoms. The number of hydrogen-bond acceptors (Lipinski definition) is 4. The lowest BCUT2D eigenvalue weighted by molar-refractivity contribution is 0.597. The molecule has 2 rings (SSSR count). The molecule has 0 fully saturated rings. The first-order valence-electron chi connectivity index (χ1n) is 6.15. The van der Waals surface area contributed by atoms with Crippen molar-refractivity contribution < 1.29 is 8.42 Å². The van der Waals surface area contributed by atoms with E-state index in [1.165, 1.54) is 6.07 Å². The fraction of sp³-hybridized carbons (Fsp3) is 0.143. The Kier molecular flexibility index (Phi) is 4.41. The van der Waals surface area contributed by atoms with E-state index in [1.54, 1.807) is 36.2 Å². The fourth-order valence-corrected chi connectivity index (χ4v) is 2.96. The van der Waals surface area contributed by atoms with Gasteiger partial charge in [-0.3, -0.25) is 0 Å². The van der Waals surface area contributed by atoms with Gasteiger partial charge in [0.05, 0.1) is 5.69 Å². The lowest BCUT2D eigenvalue weighted by Gasteiger charge is -2.22. The van der Waals surface area contributed by atoms with Crippen LogP contribution in [-0.2, 0) is 16.6 Å². The zero-order valence-electron chi connectivity index (χ0n) is 11.5. The van der Waals surface area contributed by atoms with Gasteiger partial charge in [0.15, 0.2) is 0 Å². The number of primary sulfonamides is 1. The normalized spacial score (nSPS) is 11.4. The minimum Gasteiger partial charge on any atom is -0.399 e. The highest BCUT2D eigenvalue weighted by atomic mass is 35.5. The average Bonchev–Trinajstić information content (AvgIpc) is 2.40. The van der Waals surface area contributed by atoms with E-state index < -0.39 is 10.0 Å². The first kappa shape index (κ1) is 15.6. The summed E-state index contributed by atoms with van der Waals surface area (Å²) in [6.07, 6.45) is 0. The van der Waals surface area contributed by atoms with Gasteiger partial charge in [-0.25, -0.2) is 13.6 Å². The van der Waals surface area contributed by atoms with Gasteiger partial charge in [-0.1, -0.05) is 23.7 Å². The molecule has 0 aliphatic heterocycles. The van der Waals surface area contributed by atoms with Crippen molar-refractivity contribution in [3.05, 3.63) is 53.1 Å². The molecule has 0 aliphatic carbocycles. The van der Waals surface area contributed by atoms with Crippen molar-refractivity contribution in [2.24, 2.45) is 5.14 Å². The van der Waals surface area contributed by atoms with Gasteiger partial charge in [0.2, 0.25) is 10.0 Å². The molecule has 2 aromatic rings. The molecule has 0 heterocycles. The Bertz CT molecular complexity index is 745. The molecule has 0 amide bonds. The summed E-state index contributed by atoms with van der Waals surface area (Å²) in [5.74, 6) is 0. The summed E-state index contributed by atoms with van der Waals surface area (Å²) in [5, 5.41) is 5.90. The smallest absolute Gasteiger partial charge is 0.240 e. The maximum absolute atomic E-state index is 11.7. The van der Waals surface area contributed by atoms with E-state index in [1.807, 2.05) is 12.1 Å². The van der Waals surface area contributed by atoms with E-state index in [0.29, 0.717) is 22.9 Å². The molecule has 0 unspecified atom stereocenters. The number of nitrogens with zero attached hydrogens (tertiary/aromatic N) is 1. The molecule has 5 nitrogen and oxygen atoms in total. The molecule has 0 radical (unpaired) electrons. The van der Waals surface area contributed by atoms with Gasteiger partial charge in [0.25, 0.3) is 0 Å². The van der Waals surface area contributed by atoms with Crippen LogP contribution in [0.15, 0.2) is 47.4 Å². The highest BCUT2D eigenvalue weighted by molar-refractivity contribution is 7.89. The second kappa shape index (κ2) is 5.93. The lowest BCUT2D eigenvalue weighted by Crippen LogP contribution is -2.22. The number of benzene rings is 2. The predicted octanol–water partition coefficient (Wildman–Crippen LogP) is 2.21. The topological polar surface area (TPSA) is 89.4 Å². The van der Waals surface area contributed by atoms with E-state index in [4.69, 9.17) is 22.5 Å². The summed E-state index contributed by atoms with van der Waals surface area (Å²) in [6.45, 7) is 0.517. The maximum Gasteiger partial charge on any atom is 0.240 e. The summed E-state index contributed by atoms with van der Waals surface area (Å²) in [6, 6.07) is 12.0. The molecule has 0 saturated carbocycles. The standard InChI is InChI=1S/C14H16ClN3O2S/c1-18(9-10-2-4-11(15)5-3-10)13-7-6-12(16)8-14(13)21(17,19)20/h2-8H,9,16H2,1H3,(H2,17,19,20). The van der Waals surface area contributed by atoms with Crippen LogP contribution >= 0.6 is 11.6 Å². The monoisotopic (exact) mass is 325 g/mol. The van der Waals surface area contributed by atoms with Crippen LogP contribution in [0.1, 0.15) is 5.56 Å². The Morgan fingerprint density at radius 2 is 1.76 bits per heavy atom. The van der Waals surface area contributed by atoms with E-state index >= 15 is 0 Å². The van der Waals surface area contributed by atoms with Crippen LogP contribution in [-0.4, -0.2) is 15.5 Å². The Morgan fingerprint density at radius 3 is 2.33 bits per heavy atom. The van der Waals surface area contributed by atoms with E-state index in [2.05, 4.69) is 0 Å². The minimum atomic E-state index is -3.84. The summed E-state index contributed by atoms with van der Waals surface area (Å²) in [5.41, 5.74) is 7.49. The Balaban J connectivity index is 2.35. The summed E-state index contributed by atoms with van der Waals surface area (Å²) < 4.78 is 23.4. The number of hydrogen-bond donors (Lipinski definition) is 2. The summed E-state index contributed by atoms with van der Waals surface area (Å²) in [4.78, 5) is 1.81. The molecular formula is C14H16ClN3O2S. The highest BCUT2D eigenvalue weighted by Crippen LogP contribution is 2.27. The molecule has 0 spiro atoms. The summed E-state index contributed by atoms with van der Waals surface area (Å²) >= 11 is 5.84. The Hall–Kier alpha value is -1.76.